The summed E-state index contributed by atoms with van der Waals surface area (Å²) in [5.41, 5.74) is 5.34. The molecule has 1 rings (SSSR count). The van der Waals surface area contributed by atoms with Crippen LogP contribution in [0.3, 0.4) is 0 Å². The van der Waals surface area contributed by atoms with Gasteiger partial charge < -0.3 is 11.1 Å². The zero-order valence-corrected chi connectivity index (χ0v) is 7.65. The minimum absolute atomic E-state index is 0.139. The number of hydrogen-bond acceptors (Lipinski definition) is 4. The summed E-state index contributed by atoms with van der Waals surface area (Å²) in [6.45, 7) is 0. The molecule has 3 unspecified atom stereocenters. The van der Waals surface area contributed by atoms with E-state index in [2.05, 4.69) is 21.2 Å². The largest absolute Gasteiger partial charge is 0.334 e. The van der Waals surface area contributed by atoms with Crippen molar-refractivity contribution in [2.45, 2.75) is 23.5 Å². The molecule has 1 aliphatic rings. The maximum atomic E-state index is 10.9. The molecule has 0 aromatic rings. The lowest BCUT2D eigenvalue weighted by molar-refractivity contribution is -0.528. The molecule has 3 N–H and O–H groups in total. The number of carbonyl (C=O) groups excluding carboxylic acids is 1. The Labute approximate surface area is 76.8 Å². The summed E-state index contributed by atoms with van der Waals surface area (Å²) in [4.78, 5) is 20.3. The number of amides is 1. The number of rotatable bonds is 1. The minimum atomic E-state index is -0.896. The maximum Gasteiger partial charge on any atom is 0.247 e. The first kappa shape index (κ1) is 9.40. The summed E-state index contributed by atoms with van der Waals surface area (Å²) >= 11 is 3.02. The Kier molecular flexibility index (Phi) is 2.63. The van der Waals surface area contributed by atoms with Gasteiger partial charge in [-0.25, -0.2) is 0 Å². The highest BCUT2D eigenvalue weighted by atomic mass is 79.9. The molecule has 1 saturated heterocycles. The highest BCUT2D eigenvalue weighted by Gasteiger charge is 2.39. The molecule has 1 fully saturated rings. The van der Waals surface area contributed by atoms with Crippen molar-refractivity contribution < 1.29 is 9.72 Å². The van der Waals surface area contributed by atoms with Crippen molar-refractivity contribution in [1.82, 2.24) is 5.32 Å². The van der Waals surface area contributed by atoms with Crippen LogP contribution in [0.1, 0.15) is 6.42 Å². The predicted molar refractivity (Wildman–Crippen MR) is 44.2 cm³/mol. The van der Waals surface area contributed by atoms with E-state index in [1.54, 1.807) is 0 Å². The fraction of sp³-hybridized carbons (Fsp3) is 0.800. The molecule has 68 valence electrons. The van der Waals surface area contributed by atoms with Crippen molar-refractivity contribution in [3.63, 3.8) is 0 Å². The highest BCUT2D eigenvalue weighted by Crippen LogP contribution is 2.16. The normalized spacial score (nSPS) is 35.8. The molecule has 7 heteroatoms. The van der Waals surface area contributed by atoms with E-state index < -0.39 is 22.0 Å². The molecule has 3 atom stereocenters. The third-order valence-electron chi connectivity index (χ3n) is 1.73. The monoisotopic (exact) mass is 237 g/mol. The molecule has 1 amide bonds. The van der Waals surface area contributed by atoms with E-state index in [0.29, 0.717) is 0 Å². The number of nitrogens with one attached hydrogen (secondary N) is 1. The van der Waals surface area contributed by atoms with Crippen LogP contribution < -0.4 is 11.1 Å². The average Bonchev–Trinajstić information content (AvgIpc) is 1.96. The van der Waals surface area contributed by atoms with E-state index in [-0.39, 0.29) is 12.3 Å². The van der Waals surface area contributed by atoms with Crippen LogP contribution in [0.5, 0.6) is 0 Å². The van der Waals surface area contributed by atoms with Crippen molar-refractivity contribution in [1.29, 1.82) is 0 Å². The van der Waals surface area contributed by atoms with E-state index >= 15 is 0 Å². The SMILES string of the molecule is NC1NC(=O)C(Br)CC1[N+](=O)[O-]. The van der Waals surface area contributed by atoms with Crippen LogP contribution in [-0.4, -0.2) is 27.9 Å². The van der Waals surface area contributed by atoms with Crippen LogP contribution in [0, 0.1) is 10.1 Å². The van der Waals surface area contributed by atoms with E-state index in [0.717, 1.165) is 0 Å². The fourth-order valence-corrected chi connectivity index (χ4v) is 1.55. The van der Waals surface area contributed by atoms with Gasteiger partial charge in [-0.05, 0) is 0 Å². The minimum Gasteiger partial charge on any atom is -0.334 e. The van der Waals surface area contributed by atoms with Gasteiger partial charge in [0.25, 0.3) is 0 Å². The summed E-state index contributed by atoms with van der Waals surface area (Å²) in [6, 6.07) is -0.896. The summed E-state index contributed by atoms with van der Waals surface area (Å²) in [6.07, 6.45) is -0.735. The van der Waals surface area contributed by atoms with Gasteiger partial charge >= 0.3 is 0 Å². The zero-order valence-electron chi connectivity index (χ0n) is 6.07. The second-order valence-corrected chi connectivity index (χ2v) is 3.70. The second-order valence-electron chi connectivity index (χ2n) is 2.59. The first-order valence-electron chi connectivity index (χ1n) is 3.36. The van der Waals surface area contributed by atoms with Crippen LogP contribution in [0.2, 0.25) is 0 Å². The Balaban J connectivity index is 2.67. The van der Waals surface area contributed by atoms with E-state index in [9.17, 15) is 14.9 Å². The van der Waals surface area contributed by atoms with Gasteiger partial charge in [-0.2, -0.15) is 0 Å². The van der Waals surface area contributed by atoms with Gasteiger partial charge in [0.15, 0.2) is 0 Å². The Morgan fingerprint density at radius 3 is 2.83 bits per heavy atom. The number of alkyl halides is 1. The first-order chi connectivity index (χ1) is 5.52. The van der Waals surface area contributed by atoms with Gasteiger partial charge in [0.1, 0.15) is 6.17 Å². The van der Waals surface area contributed by atoms with Crippen molar-refractivity contribution >= 4 is 21.8 Å². The number of hydrogen-bond donors (Lipinski definition) is 2. The van der Waals surface area contributed by atoms with Crippen molar-refractivity contribution in [2.75, 3.05) is 0 Å². The summed E-state index contributed by atoms with van der Waals surface area (Å²) in [5.74, 6) is -0.291. The van der Waals surface area contributed by atoms with Crippen LogP contribution in [0.25, 0.3) is 0 Å². The number of nitrogens with two attached hydrogens (primary N) is 1. The molecule has 6 nitrogen and oxygen atoms in total. The van der Waals surface area contributed by atoms with Crippen LogP contribution in [0.15, 0.2) is 0 Å². The summed E-state index contributed by atoms with van der Waals surface area (Å²) in [7, 11) is 0. The lowest BCUT2D eigenvalue weighted by atomic mass is 10.1. The highest BCUT2D eigenvalue weighted by molar-refractivity contribution is 9.10. The van der Waals surface area contributed by atoms with Crippen LogP contribution in [0.4, 0.5) is 0 Å². The van der Waals surface area contributed by atoms with Crippen molar-refractivity contribution in [3.8, 4) is 0 Å². The molecule has 1 aliphatic heterocycles. The van der Waals surface area contributed by atoms with Gasteiger partial charge in [0.05, 0.1) is 4.83 Å². The number of piperidine rings is 1. The first-order valence-corrected chi connectivity index (χ1v) is 4.27. The van der Waals surface area contributed by atoms with Crippen LogP contribution >= 0.6 is 15.9 Å². The van der Waals surface area contributed by atoms with Gasteiger partial charge in [-0.15, -0.1) is 0 Å². The standard InChI is InChI=1S/C5H8BrN3O3/c6-2-1-3(9(11)12)4(7)8-5(2)10/h2-4H,1,7H2,(H,8,10). The molecular weight excluding hydrogens is 230 g/mol. The smallest absolute Gasteiger partial charge is 0.247 e. The number of halogens is 1. The maximum absolute atomic E-state index is 10.9. The Bertz CT molecular complexity index is 222. The van der Waals surface area contributed by atoms with Gasteiger partial charge in [-0.1, -0.05) is 15.9 Å². The Hall–Kier alpha value is -0.690. The lowest BCUT2D eigenvalue weighted by Crippen LogP contribution is -2.59. The molecule has 12 heavy (non-hydrogen) atoms. The van der Waals surface area contributed by atoms with Crippen LogP contribution in [-0.2, 0) is 4.79 Å². The molecule has 0 radical (unpaired) electrons. The number of nitrogens with zero attached hydrogens (tertiary/aromatic N) is 1. The summed E-state index contributed by atoms with van der Waals surface area (Å²) < 4.78 is 0. The quantitative estimate of drug-likeness (QED) is 0.355. The molecule has 0 aromatic carbocycles. The van der Waals surface area contributed by atoms with E-state index in [4.69, 9.17) is 5.73 Å². The third-order valence-corrected chi connectivity index (χ3v) is 2.52. The average molecular weight is 238 g/mol. The Morgan fingerprint density at radius 1 is 1.75 bits per heavy atom. The summed E-state index contributed by atoms with van der Waals surface area (Å²) in [5, 5.41) is 12.7. The molecule has 0 saturated carbocycles. The van der Waals surface area contributed by atoms with Gasteiger partial charge in [0.2, 0.25) is 11.9 Å². The third kappa shape index (κ3) is 1.72. The second kappa shape index (κ2) is 3.36. The van der Waals surface area contributed by atoms with Crippen molar-refractivity contribution in [2.24, 2.45) is 5.73 Å². The van der Waals surface area contributed by atoms with E-state index in [1.165, 1.54) is 0 Å². The molecular formula is C5H8BrN3O3. The van der Waals surface area contributed by atoms with Crippen molar-refractivity contribution in [3.05, 3.63) is 10.1 Å². The molecule has 0 aromatic heterocycles. The predicted octanol–water partition coefficient (Wildman–Crippen LogP) is -0.800. The molecule has 0 aliphatic carbocycles. The van der Waals surface area contributed by atoms with E-state index in [1.807, 2.05) is 0 Å². The zero-order chi connectivity index (χ0) is 9.30. The topological polar surface area (TPSA) is 98.3 Å². The lowest BCUT2D eigenvalue weighted by Gasteiger charge is -2.25. The molecule has 0 bridgehead atoms. The molecule has 0 spiro atoms. The fourth-order valence-electron chi connectivity index (χ4n) is 1.03. The molecule has 1 heterocycles. The van der Waals surface area contributed by atoms with Gasteiger partial charge in [0, 0.05) is 11.3 Å². The number of nitro groups is 1. The van der Waals surface area contributed by atoms with Gasteiger partial charge in [-0.3, -0.25) is 14.9 Å². The number of carbonyl (C=O) groups is 1. The Morgan fingerprint density at radius 2 is 2.33 bits per heavy atom.